The molecule has 4 aromatic rings. The minimum atomic E-state index is -4.53. The van der Waals surface area contributed by atoms with Crippen molar-refractivity contribution in [3.8, 4) is 11.4 Å². The Morgan fingerprint density at radius 2 is 1.91 bits per heavy atom. The van der Waals surface area contributed by atoms with Crippen molar-refractivity contribution in [1.82, 2.24) is 15.0 Å². The van der Waals surface area contributed by atoms with Crippen LogP contribution in [-0.4, -0.2) is 47.2 Å². The molecular weight excluding hydrogens is 479 g/mol. The minimum Gasteiger partial charge on any atom is -0.378 e. The average Bonchev–Trinajstić information content (AvgIpc) is 3.33. The van der Waals surface area contributed by atoms with E-state index in [9.17, 15) is 18.0 Å². The number of ether oxygens (including phenoxy) is 1. The fourth-order valence-corrected chi connectivity index (χ4v) is 4.50. The number of alkyl halides is 3. The minimum absolute atomic E-state index is 0.0844. The molecule has 35 heavy (non-hydrogen) atoms. The maximum atomic E-state index is 13.0. The van der Waals surface area contributed by atoms with E-state index in [0.717, 1.165) is 33.9 Å². The Bertz CT molecular complexity index is 1400. The Morgan fingerprint density at radius 3 is 2.69 bits per heavy atom. The van der Waals surface area contributed by atoms with Crippen LogP contribution in [0.1, 0.15) is 21.5 Å². The van der Waals surface area contributed by atoms with Crippen LogP contribution in [0.15, 0.2) is 48.0 Å². The molecule has 1 amide bonds. The van der Waals surface area contributed by atoms with E-state index in [1.165, 1.54) is 23.5 Å². The van der Waals surface area contributed by atoms with E-state index in [-0.39, 0.29) is 5.56 Å². The second kappa shape index (κ2) is 9.23. The molecule has 0 spiro atoms. The summed E-state index contributed by atoms with van der Waals surface area (Å²) in [7, 11) is 0. The number of nitrogens with zero attached hydrogens (tertiary/aromatic N) is 4. The lowest BCUT2D eigenvalue weighted by Gasteiger charge is -2.28. The highest BCUT2D eigenvalue weighted by Crippen LogP contribution is 2.32. The molecule has 0 radical (unpaired) electrons. The molecule has 1 N–H and O–H groups in total. The molecule has 1 aliphatic heterocycles. The normalized spacial score (nSPS) is 14.3. The highest BCUT2D eigenvalue weighted by molar-refractivity contribution is 7.16. The first-order valence-electron chi connectivity index (χ1n) is 10.8. The summed E-state index contributed by atoms with van der Waals surface area (Å²) in [5.41, 5.74) is 3.51. The number of morpholine rings is 1. The SMILES string of the molecule is Cc1ccc(NC(=O)c2cccc(C(F)(F)F)c2)cc1-c1nc(N2CCOCC2)c2ncsc2n1. The summed E-state index contributed by atoms with van der Waals surface area (Å²) >= 11 is 1.41. The second-order valence-electron chi connectivity index (χ2n) is 8.04. The summed E-state index contributed by atoms with van der Waals surface area (Å²) in [4.78, 5) is 29.5. The summed E-state index contributed by atoms with van der Waals surface area (Å²) in [6.45, 7) is 4.48. The van der Waals surface area contributed by atoms with Crippen LogP contribution in [0.4, 0.5) is 24.7 Å². The van der Waals surface area contributed by atoms with Crippen molar-refractivity contribution in [1.29, 1.82) is 0 Å². The fraction of sp³-hybridized carbons (Fsp3) is 0.250. The second-order valence-corrected chi connectivity index (χ2v) is 8.87. The Morgan fingerprint density at radius 1 is 1.11 bits per heavy atom. The molecule has 0 bridgehead atoms. The highest BCUT2D eigenvalue weighted by atomic mass is 32.1. The van der Waals surface area contributed by atoms with Gasteiger partial charge in [-0.1, -0.05) is 12.1 Å². The molecule has 2 aromatic heterocycles. The molecule has 1 saturated heterocycles. The van der Waals surface area contributed by atoms with Crippen molar-refractivity contribution < 1.29 is 22.7 Å². The molecule has 5 rings (SSSR count). The summed E-state index contributed by atoms with van der Waals surface area (Å²) in [6.07, 6.45) is -4.53. The molecule has 2 aromatic carbocycles. The van der Waals surface area contributed by atoms with Crippen molar-refractivity contribution >= 4 is 39.1 Å². The molecule has 0 unspecified atom stereocenters. The first-order valence-corrected chi connectivity index (χ1v) is 11.7. The number of amides is 1. The van der Waals surface area contributed by atoms with Crippen molar-refractivity contribution in [2.45, 2.75) is 13.1 Å². The maximum absolute atomic E-state index is 13.0. The van der Waals surface area contributed by atoms with Gasteiger partial charge < -0.3 is 15.0 Å². The lowest BCUT2D eigenvalue weighted by atomic mass is 10.1. The van der Waals surface area contributed by atoms with Crippen LogP contribution in [0, 0.1) is 6.92 Å². The number of hydrogen-bond donors (Lipinski definition) is 1. The number of carbonyl (C=O) groups excluding carboxylic acids is 1. The molecule has 1 aliphatic rings. The highest BCUT2D eigenvalue weighted by Gasteiger charge is 2.31. The van der Waals surface area contributed by atoms with Gasteiger partial charge in [0.25, 0.3) is 5.91 Å². The number of fused-ring (bicyclic) bond motifs is 1. The summed E-state index contributed by atoms with van der Waals surface area (Å²) in [6, 6.07) is 9.55. The van der Waals surface area contributed by atoms with E-state index in [2.05, 4.69) is 20.2 Å². The number of rotatable bonds is 4. The molecule has 1 fully saturated rings. The van der Waals surface area contributed by atoms with Gasteiger partial charge in [-0.05, 0) is 42.8 Å². The van der Waals surface area contributed by atoms with E-state index >= 15 is 0 Å². The van der Waals surface area contributed by atoms with Gasteiger partial charge in [0.15, 0.2) is 11.6 Å². The van der Waals surface area contributed by atoms with Crippen molar-refractivity contribution in [3.63, 3.8) is 0 Å². The van der Waals surface area contributed by atoms with Crippen molar-refractivity contribution in [3.05, 3.63) is 64.7 Å². The van der Waals surface area contributed by atoms with Gasteiger partial charge >= 0.3 is 6.18 Å². The summed E-state index contributed by atoms with van der Waals surface area (Å²) < 4.78 is 44.6. The Kier molecular flexibility index (Phi) is 6.12. The van der Waals surface area contributed by atoms with Gasteiger partial charge in [0, 0.05) is 29.9 Å². The third kappa shape index (κ3) is 4.82. The van der Waals surface area contributed by atoms with Crippen LogP contribution in [0.2, 0.25) is 0 Å². The Balaban J connectivity index is 1.48. The summed E-state index contributed by atoms with van der Waals surface area (Å²) in [5.74, 6) is 0.571. The number of aryl methyl sites for hydroxylation is 1. The van der Waals surface area contributed by atoms with Crippen LogP contribution in [0.3, 0.4) is 0 Å². The maximum Gasteiger partial charge on any atom is 0.416 e. The summed E-state index contributed by atoms with van der Waals surface area (Å²) in [5, 5.41) is 2.69. The van der Waals surface area contributed by atoms with Gasteiger partial charge in [0.1, 0.15) is 10.3 Å². The lowest BCUT2D eigenvalue weighted by Crippen LogP contribution is -2.37. The van der Waals surface area contributed by atoms with Gasteiger partial charge in [-0.15, -0.1) is 11.3 Å². The van der Waals surface area contributed by atoms with E-state index in [4.69, 9.17) is 9.72 Å². The van der Waals surface area contributed by atoms with Crippen molar-refractivity contribution in [2.24, 2.45) is 0 Å². The molecule has 11 heteroatoms. The fourth-order valence-electron chi connectivity index (χ4n) is 3.84. The zero-order chi connectivity index (χ0) is 24.6. The quantitative estimate of drug-likeness (QED) is 0.417. The number of carbonyl (C=O) groups is 1. The largest absolute Gasteiger partial charge is 0.416 e. The van der Waals surface area contributed by atoms with E-state index in [1.54, 1.807) is 17.6 Å². The Labute approximate surface area is 202 Å². The topological polar surface area (TPSA) is 80.2 Å². The first kappa shape index (κ1) is 23.2. The van der Waals surface area contributed by atoms with Crippen LogP contribution in [0.5, 0.6) is 0 Å². The molecular formula is C24H20F3N5O2S. The zero-order valence-electron chi connectivity index (χ0n) is 18.6. The molecule has 3 heterocycles. The van der Waals surface area contributed by atoms with Crippen LogP contribution in [0.25, 0.3) is 21.7 Å². The number of nitrogens with one attached hydrogen (secondary N) is 1. The molecule has 0 aliphatic carbocycles. The van der Waals surface area contributed by atoms with Gasteiger partial charge in [-0.25, -0.2) is 15.0 Å². The number of thiazole rings is 1. The van der Waals surface area contributed by atoms with Gasteiger partial charge in [-0.2, -0.15) is 13.2 Å². The molecule has 0 saturated carbocycles. The van der Waals surface area contributed by atoms with Crippen molar-refractivity contribution in [2.75, 3.05) is 36.5 Å². The van der Waals surface area contributed by atoms with Crippen LogP contribution in [-0.2, 0) is 10.9 Å². The van der Waals surface area contributed by atoms with E-state index < -0.39 is 17.6 Å². The third-order valence-electron chi connectivity index (χ3n) is 5.68. The third-order valence-corrected chi connectivity index (χ3v) is 6.40. The average molecular weight is 500 g/mol. The lowest BCUT2D eigenvalue weighted by molar-refractivity contribution is -0.137. The number of halogens is 3. The monoisotopic (exact) mass is 499 g/mol. The predicted molar refractivity (Wildman–Crippen MR) is 128 cm³/mol. The standard InChI is InChI=1S/C24H20F3N5O2S/c1-14-5-6-17(29-22(33)15-3-2-4-16(11-15)24(25,26)27)12-18(14)20-30-21(32-7-9-34-10-8-32)19-23(31-20)35-13-28-19/h2-6,11-13H,7-10H2,1H3,(H,29,33). The number of benzene rings is 2. The van der Waals surface area contributed by atoms with Gasteiger partial charge in [0.05, 0.1) is 24.3 Å². The molecule has 0 atom stereocenters. The molecule has 180 valence electrons. The predicted octanol–water partition coefficient (Wildman–Crippen LogP) is 5.17. The van der Waals surface area contributed by atoms with Crippen LogP contribution >= 0.6 is 11.3 Å². The smallest absolute Gasteiger partial charge is 0.378 e. The van der Waals surface area contributed by atoms with E-state index in [0.29, 0.717) is 43.4 Å². The Hall–Kier alpha value is -3.57. The molecule has 7 nitrogen and oxygen atoms in total. The van der Waals surface area contributed by atoms with Crippen LogP contribution < -0.4 is 10.2 Å². The van der Waals surface area contributed by atoms with Gasteiger partial charge in [0.2, 0.25) is 0 Å². The first-order chi connectivity index (χ1) is 16.8. The number of hydrogen-bond acceptors (Lipinski definition) is 7. The van der Waals surface area contributed by atoms with E-state index in [1.807, 2.05) is 13.0 Å². The number of anilines is 2. The zero-order valence-corrected chi connectivity index (χ0v) is 19.4. The van der Waals surface area contributed by atoms with Gasteiger partial charge in [-0.3, -0.25) is 4.79 Å². The number of aromatic nitrogens is 3.